The summed E-state index contributed by atoms with van der Waals surface area (Å²) in [5.74, 6) is -2.07. The Hall–Kier alpha value is -2.34. The molecular weight excluding hydrogens is 541 g/mol. The molecule has 1 aliphatic heterocycles. The third-order valence-corrected chi connectivity index (χ3v) is 7.51. The van der Waals surface area contributed by atoms with Crippen LogP contribution >= 0.6 is 0 Å². The Bertz CT molecular complexity index is 926. The predicted molar refractivity (Wildman–Crippen MR) is 163 cm³/mol. The van der Waals surface area contributed by atoms with Crippen LogP contribution in [-0.4, -0.2) is 72.0 Å². The molecule has 12 heteroatoms. The number of ether oxygens (including phenoxy) is 2. The average molecular weight is 598 g/mol. The highest BCUT2D eigenvalue weighted by molar-refractivity contribution is 6.45. The third-order valence-electron chi connectivity index (χ3n) is 7.51. The van der Waals surface area contributed by atoms with Crippen LogP contribution < -0.4 is 16.0 Å². The van der Waals surface area contributed by atoms with Gasteiger partial charge in [-0.1, -0.05) is 26.7 Å². The van der Waals surface area contributed by atoms with Gasteiger partial charge in [0.2, 0.25) is 11.8 Å². The Kier molecular flexibility index (Phi) is 13.4. The fourth-order valence-electron chi connectivity index (χ4n) is 4.45. The molecule has 0 unspecified atom stereocenters. The van der Waals surface area contributed by atoms with Crippen molar-refractivity contribution < 1.29 is 38.0 Å². The largest absolute Gasteiger partial charge is 0.458 e. The molecule has 11 nitrogen and oxygen atoms in total. The number of hydrogen-bond acceptors (Lipinski definition) is 8. The van der Waals surface area contributed by atoms with Gasteiger partial charge in [0.25, 0.3) is 0 Å². The highest BCUT2D eigenvalue weighted by atomic mass is 16.7. The number of esters is 1. The van der Waals surface area contributed by atoms with Crippen molar-refractivity contribution in [1.29, 1.82) is 0 Å². The third kappa shape index (κ3) is 12.5. The maximum Gasteiger partial charge on any atom is 0.457 e. The Morgan fingerprint density at radius 1 is 0.857 bits per heavy atom. The first-order chi connectivity index (χ1) is 19.0. The topological polar surface area (TPSA) is 141 Å². The zero-order valence-corrected chi connectivity index (χ0v) is 28.2. The molecule has 3 N–H and O–H groups in total. The quantitative estimate of drug-likeness (QED) is 0.210. The molecule has 1 rings (SSSR count). The summed E-state index contributed by atoms with van der Waals surface area (Å²) in [6.07, 6.45) is 1.57. The van der Waals surface area contributed by atoms with Gasteiger partial charge in [-0.25, -0.2) is 9.59 Å². The lowest BCUT2D eigenvalue weighted by atomic mass is 9.80. The van der Waals surface area contributed by atoms with E-state index in [2.05, 4.69) is 16.0 Å². The molecule has 4 atom stereocenters. The van der Waals surface area contributed by atoms with E-state index in [4.69, 9.17) is 18.8 Å². The van der Waals surface area contributed by atoms with Gasteiger partial charge in [0, 0.05) is 19.4 Å². The minimum absolute atomic E-state index is 0.0648. The van der Waals surface area contributed by atoms with E-state index in [1.54, 1.807) is 41.5 Å². The second-order valence-corrected chi connectivity index (χ2v) is 14.3. The summed E-state index contributed by atoms with van der Waals surface area (Å²) in [7, 11) is -0.418. The predicted octanol–water partition coefficient (Wildman–Crippen LogP) is 4.38. The number of rotatable bonds is 13. The summed E-state index contributed by atoms with van der Waals surface area (Å²) >= 11 is 0. The fourth-order valence-corrected chi connectivity index (χ4v) is 4.45. The molecule has 0 aromatic heterocycles. The summed E-state index contributed by atoms with van der Waals surface area (Å²) in [5.41, 5.74) is -2.43. The summed E-state index contributed by atoms with van der Waals surface area (Å²) in [6.45, 7) is 23.6. The SMILES string of the molecule is CC[C@H](C)[C@H](NC(=O)OC(C)(C)C)C(=O)NC[C@H](CCCB1OC(C)(C)C(C)(C)O1)[C@H](NC(C)=O)C(=O)OC(C)(C)C. The number of carbonyl (C=O) groups is 4. The number of nitrogens with one attached hydrogen (secondary N) is 3. The first-order valence-corrected chi connectivity index (χ1v) is 15.1. The van der Waals surface area contributed by atoms with Gasteiger partial charge in [0.15, 0.2) is 0 Å². The molecule has 1 saturated heterocycles. The van der Waals surface area contributed by atoms with E-state index >= 15 is 0 Å². The lowest BCUT2D eigenvalue weighted by Crippen LogP contribution is -2.54. The molecule has 0 aliphatic carbocycles. The first-order valence-electron chi connectivity index (χ1n) is 15.1. The van der Waals surface area contributed by atoms with Gasteiger partial charge in [-0.3, -0.25) is 9.59 Å². The van der Waals surface area contributed by atoms with Gasteiger partial charge in [0.05, 0.1) is 11.2 Å². The van der Waals surface area contributed by atoms with Gasteiger partial charge in [-0.2, -0.15) is 0 Å². The van der Waals surface area contributed by atoms with E-state index in [0.29, 0.717) is 25.6 Å². The zero-order valence-electron chi connectivity index (χ0n) is 28.2. The van der Waals surface area contributed by atoms with E-state index in [1.807, 2.05) is 41.5 Å². The van der Waals surface area contributed by atoms with Gasteiger partial charge < -0.3 is 34.7 Å². The zero-order chi connectivity index (χ0) is 32.7. The Balaban J connectivity index is 3.14. The number of carbonyl (C=O) groups excluding carboxylic acids is 4. The second-order valence-electron chi connectivity index (χ2n) is 14.3. The number of amides is 3. The van der Waals surface area contributed by atoms with Crippen LogP contribution in [0.25, 0.3) is 0 Å². The van der Waals surface area contributed by atoms with Crippen molar-refractivity contribution in [3.63, 3.8) is 0 Å². The van der Waals surface area contributed by atoms with Gasteiger partial charge in [-0.05, 0) is 87.9 Å². The number of alkyl carbamates (subject to hydrolysis) is 1. The number of hydrogen-bond donors (Lipinski definition) is 3. The van der Waals surface area contributed by atoms with E-state index in [1.165, 1.54) is 6.92 Å². The molecule has 1 heterocycles. The molecule has 0 aromatic carbocycles. The minimum atomic E-state index is -0.999. The fraction of sp³-hybridized carbons (Fsp3) is 0.867. The van der Waals surface area contributed by atoms with Gasteiger partial charge in [0.1, 0.15) is 23.3 Å². The van der Waals surface area contributed by atoms with Crippen molar-refractivity contribution >= 4 is 31.0 Å². The molecule has 3 amide bonds. The van der Waals surface area contributed by atoms with Crippen molar-refractivity contribution in [3.8, 4) is 0 Å². The summed E-state index contributed by atoms with van der Waals surface area (Å²) in [5, 5.41) is 8.34. The van der Waals surface area contributed by atoms with Crippen molar-refractivity contribution in [1.82, 2.24) is 16.0 Å². The monoisotopic (exact) mass is 597 g/mol. The molecule has 1 aliphatic rings. The van der Waals surface area contributed by atoms with E-state index < -0.39 is 71.4 Å². The van der Waals surface area contributed by atoms with Crippen LogP contribution in [0.4, 0.5) is 4.79 Å². The van der Waals surface area contributed by atoms with Gasteiger partial charge >= 0.3 is 19.2 Å². The van der Waals surface area contributed by atoms with E-state index in [0.717, 1.165) is 0 Å². The van der Waals surface area contributed by atoms with Crippen LogP contribution in [0.3, 0.4) is 0 Å². The summed E-state index contributed by atoms with van der Waals surface area (Å²) in [6, 6.07) is -1.85. The molecule has 42 heavy (non-hydrogen) atoms. The maximum absolute atomic E-state index is 13.4. The molecule has 242 valence electrons. The van der Waals surface area contributed by atoms with Crippen molar-refractivity contribution in [3.05, 3.63) is 0 Å². The van der Waals surface area contributed by atoms with E-state index in [-0.39, 0.29) is 12.5 Å². The standard InChI is InChI=1S/C30H56BN3O8/c1-14-19(2)22(34-26(38)40-28(7,8)9)24(36)32-18-21(23(33-20(3)35)25(37)39-27(4,5)6)16-15-17-31-41-29(10,11)30(12,13)42-31/h19,21-23H,14-18H2,1-13H3,(H,32,36)(H,33,35)(H,34,38)/t19-,21-,22-,23-/m0/s1. The van der Waals surface area contributed by atoms with Crippen LogP contribution in [0.5, 0.6) is 0 Å². The second kappa shape index (κ2) is 14.9. The highest BCUT2D eigenvalue weighted by Crippen LogP contribution is 2.38. The van der Waals surface area contributed by atoms with Crippen LogP contribution in [0.1, 0.15) is 109 Å². The smallest absolute Gasteiger partial charge is 0.457 e. The van der Waals surface area contributed by atoms with E-state index in [9.17, 15) is 19.2 Å². The molecule has 1 fully saturated rings. The maximum atomic E-state index is 13.4. The van der Waals surface area contributed by atoms with Crippen LogP contribution in [0.15, 0.2) is 0 Å². The van der Waals surface area contributed by atoms with Crippen LogP contribution in [-0.2, 0) is 33.2 Å². The molecule has 0 radical (unpaired) electrons. The lowest BCUT2D eigenvalue weighted by Gasteiger charge is -2.32. The van der Waals surface area contributed by atoms with Crippen molar-refractivity contribution in [2.75, 3.05) is 6.54 Å². The summed E-state index contributed by atoms with van der Waals surface area (Å²) in [4.78, 5) is 51.3. The lowest BCUT2D eigenvalue weighted by molar-refractivity contribution is -0.160. The molecule has 0 spiro atoms. The Labute approximate surface area is 253 Å². The minimum Gasteiger partial charge on any atom is -0.458 e. The molecule has 0 bridgehead atoms. The van der Waals surface area contributed by atoms with Crippen molar-refractivity contribution in [2.45, 2.75) is 150 Å². The average Bonchev–Trinajstić information content (AvgIpc) is 3.00. The molecular formula is C30H56BN3O8. The van der Waals surface area contributed by atoms with Crippen LogP contribution in [0, 0.1) is 11.8 Å². The summed E-state index contributed by atoms with van der Waals surface area (Å²) < 4.78 is 23.2. The normalized spacial score (nSPS) is 19.2. The Morgan fingerprint density at radius 3 is 1.83 bits per heavy atom. The van der Waals surface area contributed by atoms with Gasteiger partial charge in [-0.15, -0.1) is 0 Å². The molecule has 0 aromatic rings. The Morgan fingerprint density at radius 2 is 1.38 bits per heavy atom. The molecule has 0 saturated carbocycles. The first kappa shape index (κ1) is 37.7. The highest BCUT2D eigenvalue weighted by Gasteiger charge is 2.50. The van der Waals surface area contributed by atoms with Crippen molar-refractivity contribution in [2.24, 2.45) is 11.8 Å². The van der Waals surface area contributed by atoms with Crippen LogP contribution in [0.2, 0.25) is 6.32 Å².